The molecule has 0 aromatic heterocycles. The second-order valence-corrected chi connectivity index (χ2v) is 6.28. The van der Waals surface area contributed by atoms with E-state index >= 15 is 0 Å². The molecule has 0 aliphatic heterocycles. The van der Waals surface area contributed by atoms with Crippen LogP contribution in [0.5, 0.6) is 0 Å². The van der Waals surface area contributed by atoms with Crippen LogP contribution in [0, 0.1) is 0 Å². The van der Waals surface area contributed by atoms with Gasteiger partial charge in [0, 0.05) is 6.54 Å². The third-order valence-electron chi connectivity index (χ3n) is 2.56. The Morgan fingerprint density at radius 1 is 1.30 bits per heavy atom. The Kier molecular flexibility index (Phi) is 9.79. The summed E-state index contributed by atoms with van der Waals surface area (Å²) in [6.07, 6.45) is 7.40. The van der Waals surface area contributed by atoms with Gasteiger partial charge in [0.2, 0.25) is 11.8 Å². The molecule has 5 N–H and O–H groups in total. The van der Waals surface area contributed by atoms with Crippen LogP contribution >= 0.6 is 0 Å². The number of allylic oxidation sites excluding steroid dienone is 4. The summed E-state index contributed by atoms with van der Waals surface area (Å²) in [4.78, 5) is 23.1. The number of nitrogens with two attached hydrogens (primary N) is 1. The summed E-state index contributed by atoms with van der Waals surface area (Å²) in [6.45, 7) is 5.06. The third-order valence-corrected chi connectivity index (χ3v) is 3.28. The fourth-order valence-corrected chi connectivity index (χ4v) is 1.79. The smallest absolute Gasteiger partial charge is 0.266 e. The van der Waals surface area contributed by atoms with E-state index in [1.54, 1.807) is 12.2 Å². The summed E-state index contributed by atoms with van der Waals surface area (Å²) < 4.78 is 29.4. The highest BCUT2D eigenvalue weighted by atomic mass is 32.2. The van der Waals surface area contributed by atoms with Gasteiger partial charge in [-0.05, 0) is 13.3 Å². The zero-order valence-electron chi connectivity index (χ0n) is 13.0. The molecule has 0 rings (SSSR count). The van der Waals surface area contributed by atoms with Crippen molar-refractivity contribution in [1.82, 2.24) is 10.6 Å². The summed E-state index contributed by atoms with van der Waals surface area (Å²) in [5.41, 5.74) is 6.37. The number of nitrogens with one attached hydrogen (secondary N) is 2. The van der Waals surface area contributed by atoms with Gasteiger partial charge in [0.05, 0.1) is 18.3 Å². The van der Waals surface area contributed by atoms with E-state index in [4.69, 9.17) is 10.3 Å². The molecule has 0 saturated heterocycles. The standard InChI is InChI=1S/C14H23N3O5S/c1-3-4-5-6-11(2)9-12(15)14(19)17-10-13(18)16-7-8-23(20,21)22/h3-6,12H,2,7-10,15H2,1H3,(H,16,18)(H,17,19)(H,20,21,22)/b4-3-,6-5-. The lowest BCUT2D eigenvalue weighted by Gasteiger charge is -2.12. The van der Waals surface area contributed by atoms with Gasteiger partial charge in [0.15, 0.2) is 0 Å². The van der Waals surface area contributed by atoms with Crippen LogP contribution in [0.3, 0.4) is 0 Å². The number of hydrogen-bond donors (Lipinski definition) is 4. The maximum absolute atomic E-state index is 11.7. The molecule has 0 aliphatic rings. The normalized spacial score (nSPS) is 13.2. The van der Waals surface area contributed by atoms with Crippen LogP contribution in [0.2, 0.25) is 0 Å². The number of carbonyl (C=O) groups is 2. The molecule has 0 aliphatic carbocycles. The molecule has 1 atom stereocenters. The lowest BCUT2D eigenvalue weighted by molar-refractivity contribution is -0.126. The Morgan fingerprint density at radius 3 is 2.52 bits per heavy atom. The molecule has 0 saturated carbocycles. The lowest BCUT2D eigenvalue weighted by atomic mass is 10.1. The molecule has 2 amide bonds. The van der Waals surface area contributed by atoms with Gasteiger partial charge in [0.25, 0.3) is 10.1 Å². The van der Waals surface area contributed by atoms with E-state index in [1.165, 1.54) is 0 Å². The van der Waals surface area contributed by atoms with E-state index < -0.39 is 33.7 Å². The Labute approximate surface area is 136 Å². The lowest BCUT2D eigenvalue weighted by Crippen LogP contribution is -2.45. The molecule has 0 aromatic carbocycles. The largest absolute Gasteiger partial charge is 0.353 e. The summed E-state index contributed by atoms with van der Waals surface area (Å²) in [7, 11) is -4.13. The molecule has 130 valence electrons. The van der Waals surface area contributed by atoms with Crippen LogP contribution in [-0.4, -0.2) is 49.7 Å². The quantitative estimate of drug-likeness (QED) is 0.311. The molecule has 1 unspecified atom stereocenters. The Bertz CT molecular complexity index is 581. The van der Waals surface area contributed by atoms with Crippen LogP contribution < -0.4 is 16.4 Å². The van der Waals surface area contributed by atoms with Crippen LogP contribution in [0.4, 0.5) is 0 Å². The molecule has 0 heterocycles. The van der Waals surface area contributed by atoms with Crippen molar-refractivity contribution in [2.45, 2.75) is 19.4 Å². The first-order valence-corrected chi connectivity index (χ1v) is 8.49. The number of hydrogen-bond acceptors (Lipinski definition) is 5. The van der Waals surface area contributed by atoms with E-state index in [9.17, 15) is 18.0 Å². The molecule has 0 aromatic rings. The van der Waals surface area contributed by atoms with Crippen LogP contribution in [0.25, 0.3) is 0 Å². The van der Waals surface area contributed by atoms with Crippen LogP contribution in [-0.2, 0) is 19.7 Å². The number of rotatable bonds is 10. The van der Waals surface area contributed by atoms with E-state index in [-0.39, 0.29) is 19.5 Å². The molecular weight excluding hydrogens is 322 g/mol. The van der Waals surface area contributed by atoms with Crippen molar-refractivity contribution < 1.29 is 22.6 Å². The molecule has 0 fully saturated rings. The average Bonchev–Trinajstić information content (AvgIpc) is 2.43. The van der Waals surface area contributed by atoms with E-state index in [0.29, 0.717) is 5.57 Å². The predicted octanol–water partition coefficient (Wildman–Crippen LogP) is -0.487. The molecule has 8 nitrogen and oxygen atoms in total. The highest BCUT2D eigenvalue weighted by molar-refractivity contribution is 7.85. The molecule has 0 radical (unpaired) electrons. The van der Waals surface area contributed by atoms with Gasteiger partial charge in [-0.25, -0.2) is 0 Å². The fourth-order valence-electron chi connectivity index (χ4n) is 1.43. The van der Waals surface area contributed by atoms with Gasteiger partial charge in [-0.3, -0.25) is 14.1 Å². The maximum Gasteiger partial charge on any atom is 0.266 e. The van der Waals surface area contributed by atoms with Gasteiger partial charge in [-0.2, -0.15) is 8.42 Å². The van der Waals surface area contributed by atoms with Crippen LogP contribution in [0.15, 0.2) is 36.5 Å². The summed E-state index contributed by atoms with van der Waals surface area (Å²) >= 11 is 0. The minimum absolute atomic E-state index is 0.240. The molecule has 0 spiro atoms. The minimum Gasteiger partial charge on any atom is -0.353 e. The zero-order chi connectivity index (χ0) is 17.9. The first kappa shape index (κ1) is 21.0. The number of amides is 2. The summed E-state index contributed by atoms with van der Waals surface area (Å²) in [5, 5.41) is 4.57. The molecular formula is C14H23N3O5S. The Balaban J connectivity index is 4.08. The monoisotopic (exact) mass is 345 g/mol. The summed E-state index contributed by atoms with van der Waals surface area (Å²) in [5.74, 6) is -1.69. The second kappa shape index (κ2) is 10.7. The van der Waals surface area contributed by atoms with Crippen LogP contribution in [0.1, 0.15) is 13.3 Å². The van der Waals surface area contributed by atoms with Gasteiger partial charge in [-0.15, -0.1) is 0 Å². The fraction of sp³-hybridized carbons (Fsp3) is 0.429. The maximum atomic E-state index is 11.7. The van der Waals surface area contributed by atoms with Gasteiger partial charge in [0.1, 0.15) is 0 Å². The van der Waals surface area contributed by atoms with Gasteiger partial charge >= 0.3 is 0 Å². The SMILES string of the molecule is C=C(/C=C\C=C/C)CC(N)C(=O)NCC(=O)NCCS(=O)(=O)O. The second-order valence-electron chi connectivity index (χ2n) is 4.71. The third kappa shape index (κ3) is 12.3. The highest BCUT2D eigenvalue weighted by Crippen LogP contribution is 2.03. The van der Waals surface area contributed by atoms with Crippen molar-refractivity contribution in [1.29, 1.82) is 0 Å². The van der Waals surface area contributed by atoms with E-state index in [1.807, 2.05) is 19.1 Å². The molecule has 9 heteroatoms. The van der Waals surface area contributed by atoms with Gasteiger partial charge in [-0.1, -0.05) is 36.5 Å². The number of carbonyl (C=O) groups excluding carboxylic acids is 2. The Morgan fingerprint density at radius 2 is 1.96 bits per heavy atom. The van der Waals surface area contributed by atoms with Crippen molar-refractivity contribution in [3.63, 3.8) is 0 Å². The Hall–Kier alpha value is -1.97. The van der Waals surface area contributed by atoms with E-state index in [0.717, 1.165) is 0 Å². The van der Waals surface area contributed by atoms with Crippen molar-refractivity contribution >= 4 is 21.9 Å². The summed E-state index contributed by atoms with van der Waals surface area (Å²) in [6, 6.07) is -0.844. The van der Waals surface area contributed by atoms with Gasteiger partial charge < -0.3 is 16.4 Å². The molecule has 23 heavy (non-hydrogen) atoms. The average molecular weight is 345 g/mol. The van der Waals surface area contributed by atoms with Crippen molar-refractivity contribution in [3.8, 4) is 0 Å². The first-order chi connectivity index (χ1) is 10.7. The predicted molar refractivity (Wildman–Crippen MR) is 88.1 cm³/mol. The van der Waals surface area contributed by atoms with Crippen molar-refractivity contribution in [3.05, 3.63) is 36.5 Å². The van der Waals surface area contributed by atoms with Crippen molar-refractivity contribution in [2.75, 3.05) is 18.8 Å². The van der Waals surface area contributed by atoms with E-state index in [2.05, 4.69) is 17.2 Å². The van der Waals surface area contributed by atoms with Crippen molar-refractivity contribution in [2.24, 2.45) is 5.73 Å². The minimum atomic E-state index is -4.13. The zero-order valence-corrected chi connectivity index (χ0v) is 13.8. The highest BCUT2D eigenvalue weighted by Gasteiger charge is 2.15. The first-order valence-electron chi connectivity index (χ1n) is 6.88. The molecule has 0 bridgehead atoms. The topological polar surface area (TPSA) is 139 Å².